The van der Waals surface area contributed by atoms with Crippen molar-refractivity contribution in [3.05, 3.63) is 64.6 Å². The van der Waals surface area contributed by atoms with Crippen molar-refractivity contribution in [2.24, 2.45) is 0 Å². The van der Waals surface area contributed by atoms with E-state index in [9.17, 15) is 14.4 Å². The van der Waals surface area contributed by atoms with Crippen LogP contribution in [0.1, 0.15) is 36.8 Å². The Labute approximate surface area is 119 Å². The van der Waals surface area contributed by atoms with Crippen LogP contribution in [0.25, 0.3) is 6.08 Å². The summed E-state index contributed by atoms with van der Waals surface area (Å²) in [5.41, 5.74) is 1.10. The molecule has 0 fully saturated rings. The van der Waals surface area contributed by atoms with E-state index in [-0.39, 0.29) is 22.9 Å². The molecule has 1 aliphatic carbocycles. The number of hydrogen-bond donors (Lipinski definition) is 0. The number of benzene rings is 1. The summed E-state index contributed by atoms with van der Waals surface area (Å²) >= 11 is 0. The number of carbonyl (C=O) groups excluding carboxylic acids is 3. The molecule has 0 saturated carbocycles. The average Bonchev–Trinajstić information content (AvgIpc) is 3.06. The standard InChI is InChI=1S/C16H10O5/c1-20-16(19)15-9(6-7-21-15)8-12-13(17)10-4-2-3-5-11(10)14(12)18/h2-8H,1H3. The Hall–Kier alpha value is -2.95. The van der Waals surface area contributed by atoms with E-state index in [0.29, 0.717) is 16.7 Å². The van der Waals surface area contributed by atoms with Crippen LogP contribution >= 0.6 is 0 Å². The van der Waals surface area contributed by atoms with E-state index in [0.717, 1.165) is 0 Å². The third kappa shape index (κ3) is 1.99. The largest absolute Gasteiger partial charge is 0.463 e. The Morgan fingerprint density at radius 1 is 1.10 bits per heavy atom. The zero-order chi connectivity index (χ0) is 15.0. The highest BCUT2D eigenvalue weighted by Gasteiger charge is 2.33. The Balaban J connectivity index is 2.07. The third-order valence-corrected chi connectivity index (χ3v) is 3.27. The zero-order valence-corrected chi connectivity index (χ0v) is 11.1. The molecule has 2 aromatic rings. The molecule has 1 aromatic heterocycles. The van der Waals surface area contributed by atoms with Crippen molar-refractivity contribution >= 4 is 23.6 Å². The van der Waals surface area contributed by atoms with Gasteiger partial charge < -0.3 is 9.15 Å². The first-order chi connectivity index (χ1) is 10.1. The molecule has 0 bridgehead atoms. The number of carbonyl (C=O) groups is 3. The molecule has 0 aliphatic heterocycles. The van der Waals surface area contributed by atoms with Gasteiger partial charge in [0, 0.05) is 16.7 Å². The summed E-state index contributed by atoms with van der Waals surface area (Å²) < 4.78 is 9.62. The summed E-state index contributed by atoms with van der Waals surface area (Å²) in [6.45, 7) is 0. The minimum absolute atomic E-state index is 0.0164. The first-order valence-corrected chi connectivity index (χ1v) is 6.19. The number of hydrogen-bond acceptors (Lipinski definition) is 5. The third-order valence-electron chi connectivity index (χ3n) is 3.27. The van der Waals surface area contributed by atoms with Gasteiger partial charge in [-0.2, -0.15) is 0 Å². The van der Waals surface area contributed by atoms with Crippen LogP contribution in [-0.2, 0) is 4.74 Å². The van der Waals surface area contributed by atoms with Gasteiger partial charge in [0.25, 0.3) is 0 Å². The topological polar surface area (TPSA) is 73.6 Å². The van der Waals surface area contributed by atoms with Gasteiger partial charge in [0.2, 0.25) is 5.76 Å². The van der Waals surface area contributed by atoms with Crippen molar-refractivity contribution in [2.45, 2.75) is 0 Å². The van der Waals surface area contributed by atoms with Gasteiger partial charge in [-0.25, -0.2) is 4.79 Å². The molecule has 5 nitrogen and oxygen atoms in total. The van der Waals surface area contributed by atoms with E-state index in [1.807, 2.05) is 0 Å². The van der Waals surface area contributed by atoms with Crippen molar-refractivity contribution in [3.63, 3.8) is 0 Å². The van der Waals surface area contributed by atoms with E-state index in [1.165, 1.54) is 25.5 Å². The number of Topliss-reactive ketones (excluding diaryl/α,β-unsaturated/α-hetero) is 2. The van der Waals surface area contributed by atoms with Crippen LogP contribution in [0.2, 0.25) is 0 Å². The van der Waals surface area contributed by atoms with Gasteiger partial charge in [0.15, 0.2) is 11.6 Å². The van der Waals surface area contributed by atoms with E-state index >= 15 is 0 Å². The molecular weight excluding hydrogens is 272 g/mol. The Bertz CT molecular complexity index is 758. The van der Waals surface area contributed by atoms with Gasteiger partial charge in [-0.05, 0) is 12.1 Å². The summed E-state index contributed by atoms with van der Waals surface area (Å²) in [4.78, 5) is 36.0. The van der Waals surface area contributed by atoms with Crippen molar-refractivity contribution in [1.29, 1.82) is 0 Å². The van der Waals surface area contributed by atoms with Crippen LogP contribution in [0, 0.1) is 0 Å². The Kier molecular flexibility index (Phi) is 3.02. The smallest absolute Gasteiger partial charge is 0.374 e. The van der Waals surface area contributed by atoms with Crippen LogP contribution in [0.15, 0.2) is 46.6 Å². The SMILES string of the molecule is COC(=O)c1occc1C=C1C(=O)c2ccccc2C1=O. The molecule has 0 atom stereocenters. The van der Waals surface area contributed by atoms with E-state index in [1.54, 1.807) is 24.3 Å². The monoisotopic (exact) mass is 282 g/mol. The number of allylic oxidation sites excluding steroid dienone is 1. The molecule has 0 N–H and O–H groups in total. The van der Waals surface area contributed by atoms with Gasteiger partial charge in [-0.3, -0.25) is 9.59 Å². The molecule has 1 aliphatic rings. The summed E-state index contributed by atoms with van der Waals surface area (Å²) in [6, 6.07) is 8.11. The molecule has 1 heterocycles. The molecule has 3 rings (SSSR count). The minimum atomic E-state index is -0.665. The maximum absolute atomic E-state index is 12.2. The lowest BCUT2D eigenvalue weighted by Gasteiger charge is -1.97. The summed E-state index contributed by atoms with van der Waals surface area (Å²) in [5.74, 6) is -1.41. The maximum Gasteiger partial charge on any atom is 0.374 e. The first kappa shape index (κ1) is 13.1. The quantitative estimate of drug-likeness (QED) is 0.480. The number of furan rings is 1. The maximum atomic E-state index is 12.2. The molecule has 0 spiro atoms. The highest BCUT2D eigenvalue weighted by molar-refractivity contribution is 6.41. The molecule has 1 aromatic carbocycles. The lowest BCUT2D eigenvalue weighted by molar-refractivity contribution is 0.0564. The lowest BCUT2D eigenvalue weighted by atomic mass is 10.1. The number of ketones is 2. The highest BCUT2D eigenvalue weighted by Crippen LogP contribution is 2.28. The number of fused-ring (bicyclic) bond motifs is 1. The van der Waals surface area contributed by atoms with Gasteiger partial charge in [0.1, 0.15) is 0 Å². The van der Waals surface area contributed by atoms with Gasteiger partial charge in [0.05, 0.1) is 18.9 Å². The number of ether oxygens (including phenoxy) is 1. The van der Waals surface area contributed by atoms with Crippen LogP contribution in [-0.4, -0.2) is 24.6 Å². The van der Waals surface area contributed by atoms with Crippen LogP contribution in [0.3, 0.4) is 0 Å². The van der Waals surface area contributed by atoms with E-state index in [2.05, 4.69) is 4.74 Å². The predicted octanol–water partition coefficient (Wildman–Crippen LogP) is 2.53. The lowest BCUT2D eigenvalue weighted by Crippen LogP contribution is -2.04. The summed E-state index contributed by atoms with van der Waals surface area (Å²) in [7, 11) is 1.23. The zero-order valence-electron chi connectivity index (χ0n) is 11.1. The Morgan fingerprint density at radius 3 is 2.29 bits per heavy atom. The van der Waals surface area contributed by atoms with Crippen molar-refractivity contribution in [1.82, 2.24) is 0 Å². The van der Waals surface area contributed by atoms with E-state index < -0.39 is 5.97 Å². The van der Waals surface area contributed by atoms with Crippen LogP contribution in [0.4, 0.5) is 0 Å². The Morgan fingerprint density at radius 2 is 1.71 bits per heavy atom. The van der Waals surface area contributed by atoms with Gasteiger partial charge in [-0.1, -0.05) is 24.3 Å². The van der Waals surface area contributed by atoms with Gasteiger partial charge in [-0.15, -0.1) is 0 Å². The predicted molar refractivity (Wildman–Crippen MR) is 73.1 cm³/mol. The molecule has 104 valence electrons. The molecule has 5 heteroatoms. The molecular formula is C16H10O5. The second-order valence-corrected chi connectivity index (χ2v) is 4.46. The number of esters is 1. The van der Waals surface area contributed by atoms with Crippen LogP contribution < -0.4 is 0 Å². The summed E-state index contributed by atoms with van der Waals surface area (Å²) in [6.07, 6.45) is 2.66. The fourth-order valence-corrected chi connectivity index (χ4v) is 2.25. The van der Waals surface area contributed by atoms with Crippen molar-refractivity contribution in [3.8, 4) is 0 Å². The average molecular weight is 282 g/mol. The first-order valence-electron chi connectivity index (χ1n) is 6.19. The normalized spacial score (nSPS) is 13.3. The van der Waals surface area contributed by atoms with Crippen molar-refractivity contribution in [2.75, 3.05) is 7.11 Å². The summed E-state index contributed by atoms with van der Waals surface area (Å²) in [5, 5.41) is 0. The van der Waals surface area contributed by atoms with Gasteiger partial charge >= 0.3 is 5.97 Å². The number of rotatable bonds is 2. The second-order valence-electron chi connectivity index (χ2n) is 4.46. The molecule has 0 saturated heterocycles. The van der Waals surface area contributed by atoms with Crippen LogP contribution in [0.5, 0.6) is 0 Å². The number of methoxy groups -OCH3 is 1. The fourth-order valence-electron chi connectivity index (χ4n) is 2.25. The highest BCUT2D eigenvalue weighted by atomic mass is 16.5. The molecule has 0 unspecified atom stereocenters. The van der Waals surface area contributed by atoms with E-state index in [4.69, 9.17) is 4.42 Å². The molecule has 0 amide bonds. The fraction of sp³-hybridized carbons (Fsp3) is 0.0625. The molecule has 21 heavy (non-hydrogen) atoms. The minimum Gasteiger partial charge on any atom is -0.463 e. The van der Waals surface area contributed by atoms with Crippen molar-refractivity contribution < 1.29 is 23.5 Å². The molecule has 0 radical (unpaired) electrons. The second kappa shape index (κ2) is 4.86.